The van der Waals surface area contributed by atoms with E-state index in [9.17, 15) is 4.79 Å². The molecule has 0 atom stereocenters. The van der Waals surface area contributed by atoms with Crippen molar-refractivity contribution >= 4 is 12.6 Å². The van der Waals surface area contributed by atoms with Crippen molar-refractivity contribution in [2.45, 2.75) is 39.3 Å². The fraction of sp³-hybridized carbons (Fsp3) is 0.727. The lowest BCUT2D eigenvalue weighted by Crippen LogP contribution is -2.30. The van der Waals surface area contributed by atoms with Crippen LogP contribution in [0, 0.1) is 5.41 Å². The van der Waals surface area contributed by atoms with Crippen molar-refractivity contribution in [3.8, 4) is 0 Å². The molecule has 1 saturated carbocycles. The summed E-state index contributed by atoms with van der Waals surface area (Å²) in [7, 11) is 0. The maximum absolute atomic E-state index is 11.9. The monoisotopic (exact) mass is 226 g/mol. The second-order valence-corrected chi connectivity index (χ2v) is 5.49. The fourth-order valence-electron chi connectivity index (χ4n) is 1.69. The zero-order chi connectivity index (χ0) is 11.1. The third kappa shape index (κ3) is 2.30. The molecule has 1 fully saturated rings. The molecule has 1 aliphatic rings. The molecule has 1 aliphatic carbocycles. The van der Waals surface area contributed by atoms with Gasteiger partial charge in [0.1, 0.15) is 0 Å². The van der Waals surface area contributed by atoms with Gasteiger partial charge in [-0.3, -0.25) is 9.13 Å². The van der Waals surface area contributed by atoms with Crippen LogP contribution in [0.2, 0.25) is 0 Å². The molecule has 0 radical (unpaired) electrons. The first kappa shape index (κ1) is 10.9. The highest BCUT2D eigenvalue weighted by atomic mass is 32.1. The minimum absolute atomic E-state index is 0.0721. The Morgan fingerprint density at radius 3 is 2.67 bits per heavy atom. The minimum Gasteiger partial charge on any atom is -0.299 e. The molecule has 1 aromatic heterocycles. The van der Waals surface area contributed by atoms with E-state index in [1.54, 1.807) is 4.57 Å². The first-order valence-electron chi connectivity index (χ1n) is 5.42. The van der Waals surface area contributed by atoms with E-state index >= 15 is 0 Å². The lowest BCUT2D eigenvalue weighted by Gasteiger charge is -2.21. The molecule has 0 amide bonds. The summed E-state index contributed by atoms with van der Waals surface area (Å²) >= 11 is 4.30. The molecule has 1 heterocycles. The van der Waals surface area contributed by atoms with Crippen LogP contribution in [0.1, 0.15) is 32.7 Å². The van der Waals surface area contributed by atoms with Crippen LogP contribution in [0.5, 0.6) is 0 Å². The number of nitrogens with zero attached hydrogens (tertiary/aromatic N) is 2. The van der Waals surface area contributed by atoms with E-state index in [4.69, 9.17) is 0 Å². The van der Waals surface area contributed by atoms with Crippen LogP contribution < -0.4 is 5.69 Å². The van der Waals surface area contributed by atoms with Gasteiger partial charge in [0.05, 0.1) is 0 Å². The molecule has 0 bridgehead atoms. The number of hydrogen-bond acceptors (Lipinski definition) is 2. The summed E-state index contributed by atoms with van der Waals surface area (Å²) in [6.45, 7) is 5.00. The number of aromatic nitrogens is 2. The highest BCUT2D eigenvalue weighted by Gasteiger charge is 2.26. The smallest absolute Gasteiger partial charge is 0.299 e. The number of rotatable bonds is 4. The zero-order valence-electron chi connectivity index (χ0n) is 9.31. The van der Waals surface area contributed by atoms with Crippen molar-refractivity contribution < 1.29 is 0 Å². The minimum atomic E-state index is 0.0721. The number of hydrogen-bond donors (Lipinski definition) is 1. The van der Waals surface area contributed by atoms with Crippen molar-refractivity contribution in [1.29, 1.82) is 0 Å². The van der Waals surface area contributed by atoms with Gasteiger partial charge in [-0.1, -0.05) is 13.8 Å². The van der Waals surface area contributed by atoms with Gasteiger partial charge in [-0.2, -0.15) is 12.6 Å². The van der Waals surface area contributed by atoms with Crippen molar-refractivity contribution in [1.82, 2.24) is 9.13 Å². The van der Waals surface area contributed by atoms with Crippen molar-refractivity contribution in [3.05, 3.63) is 22.9 Å². The molecule has 0 spiro atoms. The average molecular weight is 226 g/mol. The topological polar surface area (TPSA) is 26.9 Å². The van der Waals surface area contributed by atoms with Crippen LogP contribution in [0.3, 0.4) is 0 Å². The summed E-state index contributed by atoms with van der Waals surface area (Å²) < 4.78 is 3.66. The molecule has 0 N–H and O–H groups in total. The summed E-state index contributed by atoms with van der Waals surface area (Å²) in [4.78, 5) is 11.9. The van der Waals surface area contributed by atoms with Gasteiger partial charge in [0.15, 0.2) is 0 Å². The quantitative estimate of drug-likeness (QED) is 0.780. The van der Waals surface area contributed by atoms with Crippen LogP contribution >= 0.6 is 12.6 Å². The van der Waals surface area contributed by atoms with Crippen molar-refractivity contribution in [2.24, 2.45) is 5.41 Å². The Hall–Kier alpha value is -0.640. The van der Waals surface area contributed by atoms with Gasteiger partial charge in [0, 0.05) is 25.0 Å². The molecule has 4 heteroatoms. The SMILES string of the molecule is CC(C)(CS)Cn1ccn(C2CC2)c1=O. The van der Waals surface area contributed by atoms with Crippen LogP contribution in [0.25, 0.3) is 0 Å². The van der Waals surface area contributed by atoms with E-state index in [-0.39, 0.29) is 11.1 Å². The Labute approximate surface area is 95.5 Å². The zero-order valence-corrected chi connectivity index (χ0v) is 10.2. The highest BCUT2D eigenvalue weighted by Crippen LogP contribution is 2.33. The highest BCUT2D eigenvalue weighted by molar-refractivity contribution is 7.80. The van der Waals surface area contributed by atoms with Gasteiger partial charge in [-0.05, 0) is 24.0 Å². The Morgan fingerprint density at radius 1 is 1.47 bits per heavy atom. The second-order valence-electron chi connectivity index (χ2n) is 5.17. The van der Waals surface area contributed by atoms with Gasteiger partial charge >= 0.3 is 5.69 Å². The maximum atomic E-state index is 11.9. The van der Waals surface area contributed by atoms with E-state index < -0.39 is 0 Å². The Bertz CT molecular complexity index is 401. The average Bonchev–Trinajstić information content (AvgIpc) is 2.95. The molecule has 3 nitrogen and oxygen atoms in total. The van der Waals surface area contributed by atoms with Crippen molar-refractivity contribution in [3.63, 3.8) is 0 Å². The molecular weight excluding hydrogens is 208 g/mol. The van der Waals surface area contributed by atoms with E-state index in [1.165, 1.54) is 0 Å². The number of imidazole rings is 1. The molecule has 0 aromatic carbocycles. The van der Waals surface area contributed by atoms with Crippen LogP contribution in [-0.4, -0.2) is 14.9 Å². The normalized spacial score (nSPS) is 17.0. The second kappa shape index (κ2) is 3.74. The summed E-state index contributed by atoms with van der Waals surface area (Å²) in [5, 5.41) is 0. The third-order valence-corrected chi connectivity index (χ3v) is 3.70. The third-order valence-electron chi connectivity index (χ3n) is 2.84. The number of thiol groups is 1. The Balaban J connectivity index is 2.19. The van der Waals surface area contributed by atoms with E-state index in [2.05, 4.69) is 26.5 Å². The molecule has 0 saturated heterocycles. The summed E-state index contributed by atoms with van der Waals surface area (Å²) in [5.74, 6) is 0.786. The Morgan fingerprint density at radius 2 is 2.13 bits per heavy atom. The Kier molecular flexibility index (Phi) is 2.71. The molecule has 0 unspecified atom stereocenters. The standard InChI is InChI=1S/C11H18N2OS/c1-11(2,8-15)7-12-5-6-13(10(12)14)9-3-4-9/h5-6,9,15H,3-4,7-8H2,1-2H3. The first-order chi connectivity index (χ1) is 7.03. The summed E-state index contributed by atoms with van der Waals surface area (Å²) in [6.07, 6.45) is 6.11. The van der Waals surface area contributed by atoms with E-state index in [1.807, 2.05) is 17.0 Å². The summed E-state index contributed by atoms with van der Waals surface area (Å²) in [5.41, 5.74) is 0.204. The predicted octanol–water partition coefficient (Wildman–Crippen LogP) is 1.94. The van der Waals surface area contributed by atoms with Crippen LogP contribution in [0.15, 0.2) is 17.2 Å². The summed E-state index contributed by atoms with van der Waals surface area (Å²) in [6, 6.07) is 0.470. The largest absolute Gasteiger partial charge is 0.328 e. The van der Waals surface area contributed by atoms with Gasteiger partial charge in [-0.25, -0.2) is 4.79 Å². The molecule has 0 aliphatic heterocycles. The van der Waals surface area contributed by atoms with Gasteiger partial charge in [0.2, 0.25) is 0 Å². The molecule has 2 rings (SSSR count). The molecule has 15 heavy (non-hydrogen) atoms. The molecule has 84 valence electrons. The van der Waals surface area contributed by atoms with Gasteiger partial charge in [-0.15, -0.1) is 0 Å². The van der Waals surface area contributed by atoms with E-state index in [0.717, 1.165) is 25.1 Å². The molecule has 1 aromatic rings. The van der Waals surface area contributed by atoms with Gasteiger partial charge < -0.3 is 0 Å². The van der Waals surface area contributed by atoms with Gasteiger partial charge in [0.25, 0.3) is 0 Å². The van der Waals surface area contributed by atoms with Crippen molar-refractivity contribution in [2.75, 3.05) is 5.75 Å². The lowest BCUT2D eigenvalue weighted by molar-refractivity contribution is 0.345. The first-order valence-corrected chi connectivity index (χ1v) is 6.05. The van der Waals surface area contributed by atoms with E-state index in [0.29, 0.717) is 6.04 Å². The fourth-order valence-corrected chi connectivity index (χ4v) is 1.79. The van der Waals surface area contributed by atoms with Crippen LogP contribution in [0.4, 0.5) is 0 Å². The lowest BCUT2D eigenvalue weighted by atomic mass is 9.96. The maximum Gasteiger partial charge on any atom is 0.328 e. The van der Waals surface area contributed by atoms with Crippen LogP contribution in [-0.2, 0) is 6.54 Å². The molecular formula is C11H18N2OS. The predicted molar refractivity (Wildman–Crippen MR) is 64.6 cm³/mol.